The minimum absolute atomic E-state index is 0.666. The highest BCUT2D eigenvalue weighted by atomic mass is 15.1. The second-order valence-corrected chi connectivity index (χ2v) is 5.90. The van der Waals surface area contributed by atoms with Crippen LogP contribution in [-0.2, 0) is 0 Å². The summed E-state index contributed by atoms with van der Waals surface area (Å²) < 4.78 is 0. The zero-order chi connectivity index (χ0) is 12.7. The van der Waals surface area contributed by atoms with Crippen molar-refractivity contribution < 1.29 is 0 Å². The molecule has 1 rings (SSSR count). The predicted octanol–water partition coefficient (Wildman–Crippen LogP) is 3.28. The SMILES string of the molecule is CCC1CCC(N(C)CCCC(C)NC)CC1. The van der Waals surface area contributed by atoms with Crippen molar-refractivity contribution >= 4 is 0 Å². The molecule has 0 heterocycles. The Morgan fingerprint density at radius 2 is 1.88 bits per heavy atom. The minimum Gasteiger partial charge on any atom is -0.317 e. The molecule has 1 fully saturated rings. The molecule has 1 N–H and O–H groups in total. The number of nitrogens with zero attached hydrogens (tertiary/aromatic N) is 1. The third-order valence-corrected chi connectivity index (χ3v) is 4.66. The number of hydrogen-bond donors (Lipinski definition) is 1. The molecule has 102 valence electrons. The predicted molar refractivity (Wildman–Crippen MR) is 76.4 cm³/mol. The maximum atomic E-state index is 3.31. The van der Waals surface area contributed by atoms with Crippen molar-refractivity contribution in [1.82, 2.24) is 10.2 Å². The van der Waals surface area contributed by atoms with Crippen LogP contribution >= 0.6 is 0 Å². The van der Waals surface area contributed by atoms with Crippen LogP contribution in [0, 0.1) is 5.92 Å². The van der Waals surface area contributed by atoms with Gasteiger partial charge >= 0.3 is 0 Å². The average molecular weight is 240 g/mol. The van der Waals surface area contributed by atoms with Crippen molar-refractivity contribution in [2.45, 2.75) is 70.9 Å². The van der Waals surface area contributed by atoms with Gasteiger partial charge in [0.15, 0.2) is 0 Å². The first kappa shape index (κ1) is 15.0. The molecule has 2 nitrogen and oxygen atoms in total. The van der Waals surface area contributed by atoms with Gasteiger partial charge < -0.3 is 10.2 Å². The molecule has 0 bridgehead atoms. The molecule has 0 radical (unpaired) electrons. The Morgan fingerprint density at radius 1 is 1.24 bits per heavy atom. The van der Waals surface area contributed by atoms with Gasteiger partial charge in [-0.25, -0.2) is 0 Å². The molecule has 0 aromatic heterocycles. The van der Waals surface area contributed by atoms with Gasteiger partial charge in [-0.15, -0.1) is 0 Å². The molecule has 1 aliphatic rings. The third kappa shape index (κ3) is 5.39. The summed E-state index contributed by atoms with van der Waals surface area (Å²) in [5, 5.41) is 3.31. The lowest BCUT2D eigenvalue weighted by Crippen LogP contribution is -2.36. The largest absolute Gasteiger partial charge is 0.317 e. The normalized spacial score (nSPS) is 27.4. The van der Waals surface area contributed by atoms with Crippen molar-refractivity contribution in [3.63, 3.8) is 0 Å². The van der Waals surface area contributed by atoms with E-state index < -0.39 is 0 Å². The Kier molecular flexibility index (Phi) is 7.14. The third-order valence-electron chi connectivity index (χ3n) is 4.66. The maximum absolute atomic E-state index is 3.31. The van der Waals surface area contributed by atoms with E-state index in [0.29, 0.717) is 6.04 Å². The van der Waals surface area contributed by atoms with E-state index in [-0.39, 0.29) is 0 Å². The minimum atomic E-state index is 0.666. The highest BCUT2D eigenvalue weighted by molar-refractivity contribution is 4.77. The van der Waals surface area contributed by atoms with Gasteiger partial charge in [0, 0.05) is 12.1 Å². The van der Waals surface area contributed by atoms with Crippen LogP contribution in [0.1, 0.15) is 58.8 Å². The van der Waals surface area contributed by atoms with E-state index in [1.807, 2.05) is 0 Å². The molecule has 0 aromatic rings. The van der Waals surface area contributed by atoms with Crippen LogP contribution in [0.3, 0.4) is 0 Å². The monoisotopic (exact) mass is 240 g/mol. The Labute approximate surface area is 108 Å². The van der Waals surface area contributed by atoms with Crippen LogP contribution in [0.2, 0.25) is 0 Å². The van der Waals surface area contributed by atoms with Crippen molar-refractivity contribution in [3.05, 3.63) is 0 Å². The summed E-state index contributed by atoms with van der Waals surface area (Å²) >= 11 is 0. The summed E-state index contributed by atoms with van der Waals surface area (Å²) in [6.45, 7) is 5.88. The van der Waals surface area contributed by atoms with E-state index >= 15 is 0 Å². The van der Waals surface area contributed by atoms with Crippen molar-refractivity contribution in [2.75, 3.05) is 20.6 Å². The van der Waals surface area contributed by atoms with Gasteiger partial charge in [-0.05, 0) is 72.0 Å². The summed E-state index contributed by atoms with van der Waals surface area (Å²) in [6, 6.07) is 1.53. The van der Waals surface area contributed by atoms with E-state index in [9.17, 15) is 0 Å². The van der Waals surface area contributed by atoms with Crippen LogP contribution < -0.4 is 5.32 Å². The molecule has 2 heteroatoms. The summed E-state index contributed by atoms with van der Waals surface area (Å²) in [5.41, 5.74) is 0. The lowest BCUT2D eigenvalue weighted by atomic mass is 9.84. The summed E-state index contributed by atoms with van der Waals surface area (Å²) in [4.78, 5) is 2.61. The lowest BCUT2D eigenvalue weighted by molar-refractivity contribution is 0.160. The molecule has 0 aliphatic heterocycles. The number of hydrogen-bond acceptors (Lipinski definition) is 2. The molecule has 0 saturated heterocycles. The fourth-order valence-corrected chi connectivity index (χ4v) is 2.97. The highest BCUT2D eigenvalue weighted by Gasteiger charge is 2.22. The van der Waals surface area contributed by atoms with Gasteiger partial charge in [0.1, 0.15) is 0 Å². The molecule has 1 unspecified atom stereocenters. The summed E-state index contributed by atoms with van der Waals surface area (Å²) in [5.74, 6) is 1.02. The standard InChI is InChI=1S/C15H32N2/c1-5-14-8-10-15(11-9-14)17(4)12-6-7-13(2)16-3/h13-16H,5-12H2,1-4H3. The smallest absolute Gasteiger partial charge is 0.00924 e. The number of nitrogens with one attached hydrogen (secondary N) is 1. The van der Waals surface area contributed by atoms with E-state index in [2.05, 4.69) is 38.2 Å². The van der Waals surface area contributed by atoms with Crippen LogP contribution in [0.15, 0.2) is 0 Å². The molecule has 0 amide bonds. The summed E-state index contributed by atoms with van der Waals surface area (Å²) in [7, 11) is 4.38. The first-order chi connectivity index (χ1) is 8.17. The van der Waals surface area contributed by atoms with Crippen molar-refractivity contribution in [1.29, 1.82) is 0 Å². The zero-order valence-corrected chi connectivity index (χ0v) is 12.3. The first-order valence-corrected chi connectivity index (χ1v) is 7.54. The molecule has 0 aromatic carbocycles. The van der Waals surface area contributed by atoms with Gasteiger partial charge in [0.25, 0.3) is 0 Å². The number of rotatable bonds is 7. The average Bonchev–Trinajstić information content (AvgIpc) is 2.38. The topological polar surface area (TPSA) is 15.3 Å². The Hall–Kier alpha value is -0.0800. The van der Waals surface area contributed by atoms with E-state index in [1.165, 1.54) is 51.5 Å². The second kappa shape index (κ2) is 8.10. The molecule has 1 atom stereocenters. The molecule has 17 heavy (non-hydrogen) atoms. The summed E-state index contributed by atoms with van der Waals surface area (Å²) in [6.07, 6.45) is 9.78. The van der Waals surface area contributed by atoms with Crippen LogP contribution in [0.5, 0.6) is 0 Å². The zero-order valence-electron chi connectivity index (χ0n) is 12.3. The van der Waals surface area contributed by atoms with Crippen molar-refractivity contribution in [2.24, 2.45) is 5.92 Å². The van der Waals surface area contributed by atoms with Crippen LogP contribution in [0.25, 0.3) is 0 Å². The van der Waals surface area contributed by atoms with Gasteiger partial charge in [-0.1, -0.05) is 13.3 Å². The Bertz CT molecular complexity index is 185. The van der Waals surface area contributed by atoms with Crippen LogP contribution in [-0.4, -0.2) is 37.6 Å². The maximum Gasteiger partial charge on any atom is 0.00924 e. The Morgan fingerprint density at radius 3 is 2.41 bits per heavy atom. The van der Waals surface area contributed by atoms with E-state index in [4.69, 9.17) is 0 Å². The van der Waals surface area contributed by atoms with Gasteiger partial charge in [-0.3, -0.25) is 0 Å². The lowest BCUT2D eigenvalue weighted by Gasteiger charge is -2.34. The van der Waals surface area contributed by atoms with E-state index in [0.717, 1.165) is 12.0 Å². The van der Waals surface area contributed by atoms with Crippen LogP contribution in [0.4, 0.5) is 0 Å². The van der Waals surface area contributed by atoms with Crippen molar-refractivity contribution in [3.8, 4) is 0 Å². The van der Waals surface area contributed by atoms with Gasteiger partial charge in [-0.2, -0.15) is 0 Å². The van der Waals surface area contributed by atoms with E-state index in [1.54, 1.807) is 0 Å². The molecular formula is C15H32N2. The molecule has 0 spiro atoms. The fraction of sp³-hybridized carbons (Fsp3) is 1.00. The molecular weight excluding hydrogens is 208 g/mol. The molecule has 1 aliphatic carbocycles. The van der Waals surface area contributed by atoms with Gasteiger partial charge in [0.05, 0.1) is 0 Å². The Balaban J connectivity index is 2.13. The fourth-order valence-electron chi connectivity index (χ4n) is 2.97. The van der Waals surface area contributed by atoms with Gasteiger partial charge in [0.2, 0.25) is 0 Å². The highest BCUT2D eigenvalue weighted by Crippen LogP contribution is 2.28. The first-order valence-electron chi connectivity index (χ1n) is 7.54. The molecule has 1 saturated carbocycles. The second-order valence-electron chi connectivity index (χ2n) is 5.90. The quantitative estimate of drug-likeness (QED) is 0.735.